The Morgan fingerprint density at radius 2 is 1.79 bits per heavy atom. The molecule has 0 heterocycles. The number of hydrogen-bond donors (Lipinski definition) is 2. The van der Waals surface area contributed by atoms with Gasteiger partial charge in [-0.3, -0.25) is 9.59 Å². The van der Waals surface area contributed by atoms with E-state index in [1.807, 2.05) is 0 Å². The molecule has 0 atom stereocenters. The van der Waals surface area contributed by atoms with E-state index < -0.39 is 16.9 Å². The van der Waals surface area contributed by atoms with Gasteiger partial charge in [-0.15, -0.1) is 0 Å². The lowest BCUT2D eigenvalue weighted by Crippen LogP contribution is -2.55. The molecule has 0 aromatic heterocycles. The van der Waals surface area contributed by atoms with Crippen molar-refractivity contribution < 1.29 is 14.0 Å². The van der Waals surface area contributed by atoms with E-state index in [0.29, 0.717) is 12.8 Å². The predicted molar refractivity (Wildman–Crippen MR) is 68.7 cm³/mol. The number of benzene rings is 1. The van der Waals surface area contributed by atoms with E-state index in [1.165, 1.54) is 12.1 Å². The largest absolute Gasteiger partial charge is 0.368 e. The van der Waals surface area contributed by atoms with Crippen molar-refractivity contribution in [3.63, 3.8) is 0 Å². The van der Waals surface area contributed by atoms with Crippen LogP contribution in [0.1, 0.15) is 32.3 Å². The minimum Gasteiger partial charge on any atom is -0.368 e. The van der Waals surface area contributed by atoms with Crippen molar-refractivity contribution >= 4 is 11.8 Å². The van der Waals surface area contributed by atoms with Crippen LogP contribution in [-0.4, -0.2) is 17.4 Å². The summed E-state index contributed by atoms with van der Waals surface area (Å²) >= 11 is 0. The van der Waals surface area contributed by atoms with Gasteiger partial charge in [0.15, 0.2) is 0 Å². The molecular weight excluding hydrogens is 247 g/mol. The molecule has 1 aliphatic carbocycles. The monoisotopic (exact) mass is 264 g/mol. The summed E-state index contributed by atoms with van der Waals surface area (Å²) in [6.45, 7) is 3.13. The topological polar surface area (TPSA) is 72.2 Å². The summed E-state index contributed by atoms with van der Waals surface area (Å²) in [6.07, 6.45) is 1.39. The summed E-state index contributed by atoms with van der Waals surface area (Å²) in [7, 11) is 0. The van der Waals surface area contributed by atoms with E-state index in [-0.39, 0.29) is 11.7 Å². The lowest BCUT2D eigenvalue weighted by atomic mass is 9.93. The number of carbonyl (C=O) groups excluding carboxylic acids is 2. The average molecular weight is 264 g/mol. The van der Waals surface area contributed by atoms with Crippen molar-refractivity contribution in [2.75, 3.05) is 0 Å². The van der Waals surface area contributed by atoms with Crippen LogP contribution >= 0.6 is 0 Å². The van der Waals surface area contributed by atoms with Crippen LogP contribution in [0.2, 0.25) is 0 Å². The van der Waals surface area contributed by atoms with Crippen molar-refractivity contribution in [3.8, 4) is 0 Å². The molecule has 0 aliphatic heterocycles. The van der Waals surface area contributed by atoms with Crippen molar-refractivity contribution in [2.24, 2.45) is 5.73 Å². The van der Waals surface area contributed by atoms with Crippen LogP contribution in [0.25, 0.3) is 0 Å². The van der Waals surface area contributed by atoms with E-state index in [1.54, 1.807) is 26.0 Å². The highest BCUT2D eigenvalue weighted by Crippen LogP contribution is 2.48. The Morgan fingerprint density at radius 3 is 2.21 bits per heavy atom. The lowest BCUT2D eigenvalue weighted by molar-refractivity contribution is -0.131. The van der Waals surface area contributed by atoms with Crippen LogP contribution in [0.3, 0.4) is 0 Å². The summed E-state index contributed by atoms with van der Waals surface area (Å²) in [5.41, 5.74) is 4.28. The molecule has 2 amide bonds. The van der Waals surface area contributed by atoms with Gasteiger partial charge < -0.3 is 11.1 Å². The normalized spacial score (nSPS) is 16.8. The third-order valence-corrected chi connectivity index (χ3v) is 3.62. The van der Waals surface area contributed by atoms with Crippen LogP contribution < -0.4 is 11.1 Å². The van der Waals surface area contributed by atoms with Crippen LogP contribution in [0, 0.1) is 5.82 Å². The molecule has 0 bridgehead atoms. The number of rotatable bonds is 4. The summed E-state index contributed by atoms with van der Waals surface area (Å²) in [5.74, 6) is -1.16. The number of primary amides is 1. The predicted octanol–water partition coefficient (Wildman–Crippen LogP) is 1.24. The van der Waals surface area contributed by atoms with E-state index in [2.05, 4.69) is 5.32 Å². The fourth-order valence-corrected chi connectivity index (χ4v) is 2.01. The highest BCUT2D eigenvalue weighted by Gasteiger charge is 2.52. The van der Waals surface area contributed by atoms with Crippen molar-refractivity contribution in [3.05, 3.63) is 35.6 Å². The Hall–Kier alpha value is -1.91. The van der Waals surface area contributed by atoms with E-state index >= 15 is 0 Å². The Balaban J connectivity index is 2.19. The number of nitrogens with two attached hydrogens (primary N) is 1. The zero-order chi connectivity index (χ0) is 14.3. The highest BCUT2D eigenvalue weighted by molar-refractivity contribution is 5.96. The molecule has 1 aliphatic rings. The number of nitrogens with one attached hydrogen (secondary N) is 1. The maximum absolute atomic E-state index is 12.9. The first-order chi connectivity index (χ1) is 8.78. The van der Waals surface area contributed by atoms with Gasteiger partial charge in [0, 0.05) is 0 Å². The van der Waals surface area contributed by atoms with Gasteiger partial charge in [-0.05, 0) is 44.4 Å². The highest BCUT2D eigenvalue weighted by atomic mass is 19.1. The van der Waals surface area contributed by atoms with E-state index in [4.69, 9.17) is 5.73 Å². The van der Waals surface area contributed by atoms with Gasteiger partial charge in [0.05, 0.1) is 5.41 Å². The van der Waals surface area contributed by atoms with Gasteiger partial charge in [-0.1, -0.05) is 12.1 Å². The van der Waals surface area contributed by atoms with Gasteiger partial charge in [0.1, 0.15) is 11.4 Å². The molecule has 102 valence electrons. The molecule has 4 nitrogen and oxygen atoms in total. The van der Waals surface area contributed by atoms with Gasteiger partial charge in [0.25, 0.3) is 0 Å². The molecular formula is C14H17FN2O2. The maximum Gasteiger partial charge on any atom is 0.242 e. The van der Waals surface area contributed by atoms with Crippen molar-refractivity contribution in [1.29, 1.82) is 0 Å². The molecule has 0 spiro atoms. The first kappa shape index (κ1) is 13.5. The third kappa shape index (κ3) is 2.45. The van der Waals surface area contributed by atoms with E-state index in [0.717, 1.165) is 5.56 Å². The lowest BCUT2D eigenvalue weighted by Gasteiger charge is -2.26. The second kappa shape index (κ2) is 4.33. The summed E-state index contributed by atoms with van der Waals surface area (Å²) < 4.78 is 12.9. The summed E-state index contributed by atoms with van der Waals surface area (Å²) in [5, 5.41) is 2.66. The first-order valence-electron chi connectivity index (χ1n) is 6.16. The molecule has 1 aromatic rings. The van der Waals surface area contributed by atoms with Gasteiger partial charge >= 0.3 is 0 Å². The Labute approximate surface area is 111 Å². The summed E-state index contributed by atoms with van der Waals surface area (Å²) in [4.78, 5) is 23.6. The Kier molecular flexibility index (Phi) is 3.08. The fraction of sp³-hybridized carbons (Fsp3) is 0.429. The second-order valence-electron chi connectivity index (χ2n) is 5.53. The minimum absolute atomic E-state index is 0.233. The zero-order valence-electron chi connectivity index (χ0n) is 11.0. The van der Waals surface area contributed by atoms with Gasteiger partial charge in [-0.2, -0.15) is 0 Å². The molecule has 0 radical (unpaired) electrons. The molecule has 5 heteroatoms. The van der Waals surface area contributed by atoms with Gasteiger partial charge in [0.2, 0.25) is 11.8 Å². The standard InChI is InChI=1S/C14H17FN2O2/c1-13(2,11(16)18)17-12(19)14(7-8-14)9-3-5-10(15)6-4-9/h3-6H,7-8H2,1-2H3,(H2,16,18)(H,17,19). The van der Waals surface area contributed by atoms with Gasteiger partial charge in [-0.25, -0.2) is 4.39 Å². The SMILES string of the molecule is CC(C)(NC(=O)C1(c2ccc(F)cc2)CC1)C(N)=O. The maximum atomic E-state index is 12.9. The number of halogens is 1. The van der Waals surface area contributed by atoms with Crippen LogP contribution in [0.5, 0.6) is 0 Å². The van der Waals surface area contributed by atoms with Crippen LogP contribution in [0.15, 0.2) is 24.3 Å². The second-order valence-corrected chi connectivity index (χ2v) is 5.53. The summed E-state index contributed by atoms with van der Waals surface area (Å²) in [6, 6.07) is 5.89. The van der Waals surface area contributed by atoms with Crippen molar-refractivity contribution in [1.82, 2.24) is 5.32 Å². The first-order valence-corrected chi connectivity index (χ1v) is 6.16. The molecule has 19 heavy (non-hydrogen) atoms. The Bertz CT molecular complexity index is 519. The number of carbonyl (C=O) groups is 2. The molecule has 1 aromatic carbocycles. The molecule has 1 saturated carbocycles. The molecule has 1 fully saturated rings. The molecule has 3 N–H and O–H groups in total. The molecule has 2 rings (SSSR count). The van der Waals surface area contributed by atoms with Crippen LogP contribution in [-0.2, 0) is 15.0 Å². The number of hydrogen-bond acceptors (Lipinski definition) is 2. The average Bonchev–Trinajstić information content (AvgIpc) is 3.10. The van der Waals surface area contributed by atoms with Crippen LogP contribution in [0.4, 0.5) is 4.39 Å². The molecule has 0 saturated heterocycles. The third-order valence-electron chi connectivity index (χ3n) is 3.62. The minimum atomic E-state index is -1.09. The van der Waals surface area contributed by atoms with Crippen molar-refractivity contribution in [2.45, 2.75) is 37.6 Å². The smallest absolute Gasteiger partial charge is 0.242 e. The quantitative estimate of drug-likeness (QED) is 0.858. The van der Waals surface area contributed by atoms with E-state index in [9.17, 15) is 14.0 Å². The number of amides is 2. The molecule has 0 unspecified atom stereocenters. The fourth-order valence-electron chi connectivity index (χ4n) is 2.01. The Morgan fingerprint density at radius 1 is 1.26 bits per heavy atom. The zero-order valence-corrected chi connectivity index (χ0v) is 11.0.